The summed E-state index contributed by atoms with van der Waals surface area (Å²) >= 11 is 8.10. The second-order valence-corrected chi connectivity index (χ2v) is 4.91. The molecular weight excluding hydrogens is 349 g/mol. The Bertz CT molecular complexity index is 542. The number of hydrogen-bond acceptors (Lipinski definition) is 1. The van der Waals surface area contributed by atoms with Crippen LogP contribution in [0.4, 0.5) is 5.69 Å². The topological polar surface area (TPSA) is 29.1 Å². The van der Waals surface area contributed by atoms with Gasteiger partial charge in [0.05, 0.1) is 14.3 Å². The van der Waals surface area contributed by atoms with Crippen LogP contribution in [0, 0.1) is 3.57 Å². The van der Waals surface area contributed by atoms with Crippen molar-refractivity contribution in [1.82, 2.24) is 0 Å². The van der Waals surface area contributed by atoms with E-state index in [1.165, 1.54) is 0 Å². The lowest BCUT2D eigenvalue weighted by Gasteiger charge is -2.08. The second-order valence-electron chi connectivity index (χ2n) is 3.42. The first-order valence-corrected chi connectivity index (χ1v) is 6.44. The number of nitrogens with one attached hydrogen (secondary N) is 1. The second kappa shape index (κ2) is 5.51. The third-order valence-electron chi connectivity index (χ3n) is 2.24. The summed E-state index contributed by atoms with van der Waals surface area (Å²) < 4.78 is 0.844. The largest absolute Gasteiger partial charge is 0.321 e. The zero-order valence-corrected chi connectivity index (χ0v) is 11.7. The van der Waals surface area contributed by atoms with Crippen molar-refractivity contribution >= 4 is 45.8 Å². The molecule has 0 atom stereocenters. The summed E-state index contributed by atoms with van der Waals surface area (Å²) in [4.78, 5) is 11.9. The molecule has 0 fully saturated rings. The van der Waals surface area contributed by atoms with Crippen molar-refractivity contribution in [3.63, 3.8) is 0 Å². The van der Waals surface area contributed by atoms with E-state index in [4.69, 9.17) is 11.6 Å². The smallest absolute Gasteiger partial charge is 0.255 e. The lowest BCUT2D eigenvalue weighted by molar-refractivity contribution is 0.102. The van der Waals surface area contributed by atoms with Crippen molar-refractivity contribution in [2.24, 2.45) is 0 Å². The molecule has 0 aliphatic heterocycles. The monoisotopic (exact) mass is 357 g/mol. The predicted molar refractivity (Wildman–Crippen MR) is 78.6 cm³/mol. The molecule has 0 aliphatic carbocycles. The van der Waals surface area contributed by atoms with Crippen LogP contribution in [0.15, 0.2) is 48.5 Å². The molecule has 4 heteroatoms. The normalized spacial score (nSPS) is 10.0. The Labute approximate surface area is 118 Å². The number of carbonyl (C=O) groups is 1. The third kappa shape index (κ3) is 2.98. The molecule has 17 heavy (non-hydrogen) atoms. The average molecular weight is 358 g/mol. The molecule has 2 nitrogen and oxygen atoms in total. The first-order chi connectivity index (χ1) is 8.18. The Morgan fingerprint density at radius 1 is 1.06 bits per heavy atom. The zero-order chi connectivity index (χ0) is 12.3. The van der Waals surface area contributed by atoms with Crippen LogP contribution in [0.1, 0.15) is 10.4 Å². The molecule has 0 heterocycles. The minimum Gasteiger partial charge on any atom is -0.321 e. The van der Waals surface area contributed by atoms with E-state index in [2.05, 4.69) is 27.9 Å². The minimum absolute atomic E-state index is 0.134. The number of benzene rings is 2. The summed E-state index contributed by atoms with van der Waals surface area (Å²) in [5, 5.41) is 3.47. The van der Waals surface area contributed by atoms with Gasteiger partial charge in [0.25, 0.3) is 5.91 Å². The summed E-state index contributed by atoms with van der Waals surface area (Å²) in [6.07, 6.45) is 0. The molecule has 0 aromatic heterocycles. The van der Waals surface area contributed by atoms with Gasteiger partial charge in [0.1, 0.15) is 0 Å². The van der Waals surface area contributed by atoms with E-state index in [9.17, 15) is 4.79 Å². The van der Waals surface area contributed by atoms with Gasteiger partial charge in [-0.2, -0.15) is 0 Å². The van der Waals surface area contributed by atoms with Crippen LogP contribution in [0.2, 0.25) is 5.02 Å². The van der Waals surface area contributed by atoms with Gasteiger partial charge in [-0.05, 0) is 46.9 Å². The molecule has 0 bridgehead atoms. The quantitative estimate of drug-likeness (QED) is 0.802. The van der Waals surface area contributed by atoms with Crippen LogP contribution in [-0.4, -0.2) is 5.91 Å². The molecule has 2 rings (SSSR count). The highest BCUT2D eigenvalue weighted by atomic mass is 127. The molecule has 0 radical (unpaired) electrons. The fourth-order valence-electron chi connectivity index (χ4n) is 1.38. The van der Waals surface area contributed by atoms with Crippen LogP contribution < -0.4 is 5.32 Å². The van der Waals surface area contributed by atoms with Gasteiger partial charge in [-0.1, -0.05) is 35.9 Å². The number of amides is 1. The summed E-state index contributed by atoms with van der Waals surface area (Å²) in [6.45, 7) is 0. The molecule has 0 saturated carbocycles. The predicted octanol–water partition coefficient (Wildman–Crippen LogP) is 4.20. The Hall–Kier alpha value is -1.07. The van der Waals surface area contributed by atoms with Crippen LogP contribution in [-0.2, 0) is 0 Å². The summed E-state index contributed by atoms with van der Waals surface area (Å²) in [7, 11) is 0. The van der Waals surface area contributed by atoms with E-state index in [0.717, 1.165) is 9.26 Å². The van der Waals surface area contributed by atoms with E-state index >= 15 is 0 Å². The number of anilines is 1. The van der Waals surface area contributed by atoms with Gasteiger partial charge in [0, 0.05) is 5.56 Å². The van der Waals surface area contributed by atoms with Gasteiger partial charge in [-0.25, -0.2) is 0 Å². The van der Waals surface area contributed by atoms with Crippen molar-refractivity contribution in [1.29, 1.82) is 0 Å². The average Bonchev–Trinajstić information content (AvgIpc) is 2.36. The molecule has 0 unspecified atom stereocenters. The highest BCUT2D eigenvalue weighted by Crippen LogP contribution is 2.26. The highest BCUT2D eigenvalue weighted by molar-refractivity contribution is 14.1. The first kappa shape index (κ1) is 12.4. The van der Waals surface area contributed by atoms with Gasteiger partial charge in [0.15, 0.2) is 0 Å². The molecular formula is C13H9ClINO. The fraction of sp³-hybridized carbons (Fsp3) is 0. The fourth-order valence-corrected chi connectivity index (χ4v) is 2.05. The number of carbonyl (C=O) groups excluding carboxylic acids is 1. The van der Waals surface area contributed by atoms with Crippen LogP contribution >= 0.6 is 34.2 Å². The van der Waals surface area contributed by atoms with E-state index in [1.807, 2.05) is 30.3 Å². The Morgan fingerprint density at radius 2 is 1.76 bits per heavy atom. The van der Waals surface area contributed by atoms with E-state index in [0.29, 0.717) is 10.6 Å². The lowest BCUT2D eigenvalue weighted by Crippen LogP contribution is -2.12. The zero-order valence-electron chi connectivity index (χ0n) is 8.78. The van der Waals surface area contributed by atoms with Crippen LogP contribution in [0.3, 0.4) is 0 Å². The van der Waals surface area contributed by atoms with E-state index < -0.39 is 0 Å². The summed E-state index contributed by atoms with van der Waals surface area (Å²) in [5.74, 6) is -0.134. The van der Waals surface area contributed by atoms with E-state index in [1.54, 1.807) is 18.2 Å². The number of rotatable bonds is 2. The van der Waals surface area contributed by atoms with Crippen molar-refractivity contribution in [2.45, 2.75) is 0 Å². The molecule has 86 valence electrons. The maximum absolute atomic E-state index is 11.9. The Balaban J connectivity index is 2.22. The number of halogens is 2. The van der Waals surface area contributed by atoms with Crippen molar-refractivity contribution in [3.05, 3.63) is 62.7 Å². The van der Waals surface area contributed by atoms with Crippen LogP contribution in [0.25, 0.3) is 0 Å². The van der Waals surface area contributed by atoms with Gasteiger partial charge in [-0.15, -0.1) is 0 Å². The molecule has 1 amide bonds. The standard InChI is InChI=1S/C13H9ClINO/c14-10-7-4-8-11(12(10)15)16-13(17)9-5-2-1-3-6-9/h1-8H,(H,16,17). The number of hydrogen-bond donors (Lipinski definition) is 1. The van der Waals surface area contributed by atoms with Crippen molar-refractivity contribution in [2.75, 3.05) is 5.32 Å². The molecule has 0 aliphatic rings. The maximum Gasteiger partial charge on any atom is 0.255 e. The Morgan fingerprint density at radius 3 is 2.47 bits per heavy atom. The van der Waals surface area contributed by atoms with Crippen LogP contribution in [0.5, 0.6) is 0 Å². The molecule has 2 aromatic carbocycles. The van der Waals surface area contributed by atoms with Gasteiger partial charge >= 0.3 is 0 Å². The maximum atomic E-state index is 11.9. The molecule has 2 aromatic rings. The van der Waals surface area contributed by atoms with Gasteiger partial charge in [-0.3, -0.25) is 4.79 Å². The third-order valence-corrected chi connectivity index (χ3v) is 4.03. The van der Waals surface area contributed by atoms with E-state index in [-0.39, 0.29) is 5.91 Å². The lowest BCUT2D eigenvalue weighted by atomic mass is 10.2. The molecule has 0 spiro atoms. The highest BCUT2D eigenvalue weighted by Gasteiger charge is 2.08. The van der Waals surface area contributed by atoms with Crippen molar-refractivity contribution in [3.8, 4) is 0 Å². The minimum atomic E-state index is -0.134. The van der Waals surface area contributed by atoms with Crippen molar-refractivity contribution < 1.29 is 4.79 Å². The first-order valence-electron chi connectivity index (χ1n) is 4.99. The molecule has 0 saturated heterocycles. The Kier molecular flexibility index (Phi) is 4.02. The SMILES string of the molecule is O=C(Nc1cccc(Cl)c1I)c1ccccc1. The summed E-state index contributed by atoms with van der Waals surface area (Å²) in [5.41, 5.74) is 1.36. The van der Waals surface area contributed by atoms with Gasteiger partial charge in [0.2, 0.25) is 0 Å². The van der Waals surface area contributed by atoms with Gasteiger partial charge < -0.3 is 5.32 Å². The molecule has 1 N–H and O–H groups in total. The summed E-state index contributed by atoms with van der Waals surface area (Å²) in [6, 6.07) is 14.5.